The number of imidazole rings is 1. The Labute approximate surface area is 171 Å². The fourth-order valence-electron chi connectivity index (χ4n) is 4.19. The second-order valence-corrected chi connectivity index (χ2v) is 8.61. The second-order valence-electron chi connectivity index (χ2n) is 8.61. The van der Waals surface area contributed by atoms with E-state index in [1.54, 1.807) is 22.9 Å². The average molecular weight is 399 g/mol. The molecule has 3 heterocycles. The van der Waals surface area contributed by atoms with E-state index in [-0.39, 0.29) is 29.9 Å². The normalized spacial score (nSPS) is 22.3. The summed E-state index contributed by atoms with van der Waals surface area (Å²) in [4.78, 5) is 35.8. The molecule has 156 valence electrons. The van der Waals surface area contributed by atoms with Crippen LogP contribution in [0.2, 0.25) is 0 Å². The van der Waals surface area contributed by atoms with Gasteiger partial charge in [0, 0.05) is 56.2 Å². The summed E-state index contributed by atoms with van der Waals surface area (Å²) in [5.41, 5.74) is 0.378. The molecule has 2 aromatic rings. The van der Waals surface area contributed by atoms with Crippen molar-refractivity contribution in [2.24, 2.45) is 5.92 Å². The number of nitrogens with one attached hydrogen (secondary N) is 2. The Kier molecular flexibility index (Phi) is 5.80. The maximum Gasteiger partial charge on any atom is 0.271 e. The molecule has 2 aliphatic rings. The minimum atomic E-state index is -0.178. The maximum absolute atomic E-state index is 12.6. The zero-order valence-corrected chi connectivity index (χ0v) is 17.2. The highest BCUT2D eigenvalue weighted by molar-refractivity contribution is 5.92. The molecule has 0 aromatic carbocycles. The van der Waals surface area contributed by atoms with Gasteiger partial charge in [0.15, 0.2) is 0 Å². The molecule has 0 radical (unpaired) electrons. The van der Waals surface area contributed by atoms with Crippen molar-refractivity contribution < 1.29 is 9.59 Å². The molecule has 4 rings (SSSR count). The molecule has 8 heteroatoms. The molecule has 2 fully saturated rings. The van der Waals surface area contributed by atoms with E-state index in [0.29, 0.717) is 24.4 Å². The third-order valence-electron chi connectivity index (χ3n) is 5.77. The molecule has 1 saturated carbocycles. The molecule has 0 bridgehead atoms. The van der Waals surface area contributed by atoms with Gasteiger partial charge in [0.05, 0.1) is 0 Å². The zero-order valence-electron chi connectivity index (χ0n) is 17.2. The van der Waals surface area contributed by atoms with E-state index < -0.39 is 0 Å². The van der Waals surface area contributed by atoms with Crippen LogP contribution in [0.4, 0.5) is 0 Å². The zero-order chi connectivity index (χ0) is 20.4. The van der Waals surface area contributed by atoms with E-state index >= 15 is 0 Å². The standard InChI is InChI=1S/C21H30N6O2/c1-14(2)24-19(28)10-16-6-7-17(27(16)12-15-4-5-15)11-23-20(29)18-13-26-9-3-8-22-21(26)25-18/h3,8-9,13-17H,4-7,10-12H2,1-2H3,(H,23,29)(H,24,28)/t16-,17+/m1/s1. The number of hydrogen-bond donors (Lipinski definition) is 2. The number of hydrogen-bond acceptors (Lipinski definition) is 5. The largest absolute Gasteiger partial charge is 0.354 e. The fraction of sp³-hybridized carbons (Fsp3) is 0.619. The first-order chi connectivity index (χ1) is 14.0. The molecule has 0 unspecified atom stereocenters. The highest BCUT2D eigenvalue weighted by Gasteiger charge is 2.38. The minimum absolute atomic E-state index is 0.118. The van der Waals surface area contributed by atoms with Gasteiger partial charge in [-0.15, -0.1) is 0 Å². The number of carbonyl (C=O) groups excluding carboxylic acids is 2. The summed E-state index contributed by atoms with van der Waals surface area (Å²) in [6.45, 7) is 5.58. The van der Waals surface area contributed by atoms with Crippen molar-refractivity contribution in [1.29, 1.82) is 0 Å². The molecule has 1 aliphatic heterocycles. The van der Waals surface area contributed by atoms with Gasteiger partial charge < -0.3 is 10.6 Å². The Morgan fingerprint density at radius 1 is 1.21 bits per heavy atom. The molecule has 2 atom stereocenters. The first-order valence-corrected chi connectivity index (χ1v) is 10.6. The summed E-state index contributed by atoms with van der Waals surface area (Å²) >= 11 is 0. The number of nitrogens with zero attached hydrogens (tertiary/aromatic N) is 4. The van der Waals surface area contributed by atoms with Crippen LogP contribution >= 0.6 is 0 Å². The Hall–Kier alpha value is -2.48. The molecule has 1 saturated heterocycles. The second kappa shape index (κ2) is 8.49. The number of fused-ring (bicyclic) bond motifs is 1. The predicted octanol–water partition coefficient (Wildman–Crippen LogP) is 1.62. The summed E-state index contributed by atoms with van der Waals surface area (Å²) in [6.07, 6.45) is 10.3. The van der Waals surface area contributed by atoms with E-state index in [4.69, 9.17) is 0 Å². The monoisotopic (exact) mass is 398 g/mol. The maximum atomic E-state index is 12.6. The fourth-order valence-corrected chi connectivity index (χ4v) is 4.19. The number of rotatable bonds is 8. The highest BCUT2D eigenvalue weighted by atomic mass is 16.2. The molecule has 2 aromatic heterocycles. The molecule has 2 amide bonds. The van der Waals surface area contributed by atoms with E-state index in [0.717, 1.165) is 25.3 Å². The van der Waals surface area contributed by atoms with Crippen molar-refractivity contribution in [3.8, 4) is 0 Å². The van der Waals surface area contributed by atoms with Crippen molar-refractivity contribution in [3.63, 3.8) is 0 Å². The molecule has 2 N–H and O–H groups in total. The van der Waals surface area contributed by atoms with E-state index in [1.807, 2.05) is 20.0 Å². The first-order valence-electron chi connectivity index (χ1n) is 10.6. The molecule has 1 aliphatic carbocycles. The highest BCUT2D eigenvalue weighted by Crippen LogP contribution is 2.35. The average Bonchev–Trinajstić information content (AvgIpc) is 3.27. The van der Waals surface area contributed by atoms with E-state index in [9.17, 15) is 9.59 Å². The van der Waals surface area contributed by atoms with Crippen LogP contribution in [-0.2, 0) is 4.79 Å². The third-order valence-corrected chi connectivity index (χ3v) is 5.77. The topological polar surface area (TPSA) is 91.6 Å². The minimum Gasteiger partial charge on any atom is -0.354 e. The lowest BCUT2D eigenvalue weighted by molar-refractivity contribution is -0.122. The van der Waals surface area contributed by atoms with Crippen molar-refractivity contribution in [1.82, 2.24) is 29.9 Å². The predicted molar refractivity (Wildman–Crippen MR) is 109 cm³/mol. The van der Waals surface area contributed by atoms with Crippen molar-refractivity contribution in [2.75, 3.05) is 13.1 Å². The summed E-state index contributed by atoms with van der Waals surface area (Å²) in [5.74, 6) is 1.20. The van der Waals surface area contributed by atoms with Gasteiger partial charge in [-0.3, -0.25) is 18.9 Å². The molecule has 8 nitrogen and oxygen atoms in total. The van der Waals surface area contributed by atoms with Crippen LogP contribution in [0, 0.1) is 5.92 Å². The van der Waals surface area contributed by atoms with Crippen molar-refractivity contribution in [2.45, 2.75) is 64.1 Å². The molecule has 0 spiro atoms. The van der Waals surface area contributed by atoms with Crippen LogP contribution in [0.5, 0.6) is 0 Å². The Bertz CT molecular complexity index is 842. The van der Waals surface area contributed by atoms with Gasteiger partial charge >= 0.3 is 0 Å². The molecule has 29 heavy (non-hydrogen) atoms. The van der Waals surface area contributed by atoms with Gasteiger partial charge in [-0.1, -0.05) is 0 Å². The van der Waals surface area contributed by atoms with Crippen LogP contribution < -0.4 is 10.6 Å². The third kappa shape index (κ3) is 4.93. The van der Waals surface area contributed by atoms with E-state index in [2.05, 4.69) is 25.5 Å². The number of likely N-dealkylation sites (tertiary alicyclic amines) is 1. The van der Waals surface area contributed by atoms with Gasteiger partial charge in [-0.05, 0) is 51.5 Å². The lowest BCUT2D eigenvalue weighted by atomic mass is 10.1. The van der Waals surface area contributed by atoms with E-state index in [1.165, 1.54) is 12.8 Å². The van der Waals surface area contributed by atoms with Crippen LogP contribution in [0.1, 0.15) is 56.4 Å². The lowest BCUT2D eigenvalue weighted by Gasteiger charge is -2.30. The summed E-state index contributed by atoms with van der Waals surface area (Å²) < 4.78 is 1.74. The summed E-state index contributed by atoms with van der Waals surface area (Å²) in [7, 11) is 0. The summed E-state index contributed by atoms with van der Waals surface area (Å²) in [6, 6.07) is 2.50. The van der Waals surface area contributed by atoms with Gasteiger partial charge in [0.1, 0.15) is 5.69 Å². The van der Waals surface area contributed by atoms with Crippen LogP contribution in [-0.4, -0.2) is 62.3 Å². The number of aromatic nitrogens is 3. The Morgan fingerprint density at radius 2 is 2.00 bits per heavy atom. The smallest absolute Gasteiger partial charge is 0.271 e. The van der Waals surface area contributed by atoms with Crippen molar-refractivity contribution >= 4 is 17.6 Å². The summed E-state index contributed by atoms with van der Waals surface area (Å²) in [5, 5.41) is 6.05. The Morgan fingerprint density at radius 3 is 2.72 bits per heavy atom. The Balaban J connectivity index is 1.36. The molecular formula is C21H30N6O2. The number of amides is 2. The number of carbonyl (C=O) groups is 2. The van der Waals surface area contributed by atoms with Crippen LogP contribution in [0.3, 0.4) is 0 Å². The quantitative estimate of drug-likeness (QED) is 0.705. The van der Waals surface area contributed by atoms with Gasteiger partial charge in [-0.25, -0.2) is 9.97 Å². The first kappa shape index (κ1) is 19.8. The SMILES string of the molecule is CC(C)NC(=O)C[C@H]1CC[C@@H](CNC(=O)c2cn3cccnc3n2)N1CC1CC1. The van der Waals surface area contributed by atoms with Crippen molar-refractivity contribution in [3.05, 3.63) is 30.4 Å². The lowest BCUT2D eigenvalue weighted by Crippen LogP contribution is -2.46. The van der Waals surface area contributed by atoms with Crippen LogP contribution in [0.15, 0.2) is 24.7 Å². The van der Waals surface area contributed by atoms with Crippen LogP contribution in [0.25, 0.3) is 5.78 Å². The van der Waals surface area contributed by atoms with Gasteiger partial charge in [0.25, 0.3) is 5.91 Å². The molecular weight excluding hydrogens is 368 g/mol. The van der Waals surface area contributed by atoms with Gasteiger partial charge in [-0.2, -0.15) is 0 Å². The van der Waals surface area contributed by atoms with Gasteiger partial charge in [0.2, 0.25) is 11.7 Å².